The van der Waals surface area contributed by atoms with E-state index in [1.165, 1.54) is 25.7 Å². The number of carbonyl (C=O) groups excluding carboxylic acids is 1. The Hall–Kier alpha value is -1.68. The molecule has 1 aliphatic heterocycles. The number of fused-ring (bicyclic) bond motifs is 3. The maximum Gasteiger partial charge on any atom is 2.00 e. The summed E-state index contributed by atoms with van der Waals surface area (Å²) >= 11 is 0. The van der Waals surface area contributed by atoms with Gasteiger partial charge in [0.25, 0.3) is 0 Å². The number of nitrogens with two attached hydrogens (primary N) is 1. The number of hydrogen-bond acceptors (Lipinski definition) is 2. The van der Waals surface area contributed by atoms with Crippen LogP contribution >= 0.6 is 0 Å². The average molecular weight is 875 g/mol. The molecule has 7 heteroatoms. The molecule has 2 aromatic carbocycles. The van der Waals surface area contributed by atoms with Crippen molar-refractivity contribution in [2.24, 2.45) is 39.8 Å². The van der Waals surface area contributed by atoms with Gasteiger partial charge in [-0.2, -0.15) is 7.05 Å². The Kier molecular flexibility index (Phi) is 22.8. The van der Waals surface area contributed by atoms with E-state index in [4.69, 9.17) is 5.73 Å². The number of aryl methyl sites for hydroxylation is 1. The van der Waals surface area contributed by atoms with Crippen molar-refractivity contribution < 1.29 is 40.3 Å². The fourth-order valence-electron chi connectivity index (χ4n) is 6.10. The Morgan fingerprint density at radius 2 is 1.72 bits per heavy atom. The van der Waals surface area contributed by atoms with Crippen LogP contribution in [-0.2, 0) is 12.8 Å². The number of benzene rings is 2. The van der Waals surface area contributed by atoms with Crippen molar-refractivity contribution in [2.75, 3.05) is 13.6 Å². The summed E-state index contributed by atoms with van der Waals surface area (Å²) in [5.74, 6) is 4.42. The first-order valence-corrected chi connectivity index (χ1v) is 17.9. The van der Waals surface area contributed by atoms with Gasteiger partial charge in [0.15, 0.2) is 0 Å². The van der Waals surface area contributed by atoms with Gasteiger partial charge in [-0.25, -0.2) is 9.38 Å². The summed E-state index contributed by atoms with van der Waals surface area (Å²) in [5, 5.41) is 7.71. The van der Waals surface area contributed by atoms with Crippen molar-refractivity contribution in [1.29, 1.82) is 0 Å². The molecule has 0 radical (unpaired) electrons. The Bertz CT molecular complexity index is 1210. The Balaban J connectivity index is 0.000000616. The summed E-state index contributed by atoms with van der Waals surface area (Å²) in [6.45, 7) is 22.8. The van der Waals surface area contributed by atoms with Crippen LogP contribution in [0.4, 0.5) is 15.8 Å². The molecule has 1 amide bonds. The molecule has 2 bridgehead atoms. The van der Waals surface area contributed by atoms with Crippen molar-refractivity contribution in [2.45, 2.75) is 127 Å². The van der Waals surface area contributed by atoms with Gasteiger partial charge in [0.05, 0.1) is 17.4 Å². The number of rotatable bonds is 9. The minimum absolute atomic E-state index is 0. The van der Waals surface area contributed by atoms with Crippen LogP contribution in [0.1, 0.15) is 136 Å². The molecule has 2 aromatic rings. The molecule has 2 N–H and O–H groups in total. The van der Waals surface area contributed by atoms with E-state index in [1.54, 1.807) is 31.3 Å². The molecular formula is C40H65FN4OU. The second kappa shape index (κ2) is 23.6. The smallest absolute Gasteiger partial charge is 0.665 e. The van der Waals surface area contributed by atoms with Gasteiger partial charge in [0.2, 0.25) is 0 Å². The van der Waals surface area contributed by atoms with Crippen LogP contribution in [0.2, 0.25) is 0 Å². The molecule has 3 atom stereocenters. The Morgan fingerprint density at radius 3 is 2.15 bits per heavy atom. The second-order valence-corrected chi connectivity index (χ2v) is 13.7. The third kappa shape index (κ3) is 14.8. The van der Waals surface area contributed by atoms with Crippen molar-refractivity contribution in [3.8, 4) is 0 Å². The number of amidine groups is 1. The van der Waals surface area contributed by atoms with Crippen LogP contribution in [0.25, 0.3) is 10.6 Å². The van der Waals surface area contributed by atoms with Crippen LogP contribution < -0.4 is 5.73 Å². The summed E-state index contributed by atoms with van der Waals surface area (Å²) in [6.07, 6.45) is 10.3. The number of amides is 1. The quantitative estimate of drug-likeness (QED) is 0.201. The summed E-state index contributed by atoms with van der Waals surface area (Å²) in [4.78, 5) is 15.2. The number of likely N-dealkylation sites (N-methyl/N-ethyl adjacent to an activating group) is 1. The molecule has 262 valence electrons. The zero-order chi connectivity index (χ0) is 34.9. The molecular weight excluding hydrogens is 809 g/mol. The van der Waals surface area contributed by atoms with Gasteiger partial charge >= 0.3 is 31.1 Å². The molecule has 1 heterocycles. The standard InChI is InChI=1S/C12H17FN.C11H13N3O.C10H18.C5H12.C2H6.U/c1-3-4-10-5-6-11(7-8-14-2)12(13)9-10;1-2-3-10(12)13-7-4-5-8-9(6-7)14-11(8)15;1-7-4-5-8-6-9(7)10(8,2)3;1-4-5(2)3;1-2;/h5-6,9H,3-4,7-8H2,1-2H3;4-6H,2-3H2,1H3,(H3,12,13,14,15);7-9H,4-6H2,1-3H3;5H,4H2,1-3H3;1-2H3;/q-1;;;;;+2/p-1. The van der Waals surface area contributed by atoms with Gasteiger partial charge in [-0.05, 0) is 90.0 Å². The zero-order valence-corrected chi connectivity index (χ0v) is 35.7. The molecule has 0 saturated heterocycles. The maximum absolute atomic E-state index is 13.5. The molecule has 0 aromatic heterocycles. The molecule has 6 rings (SSSR count). The summed E-state index contributed by atoms with van der Waals surface area (Å²) in [7, 11) is 1.75. The number of carbonyl (C=O) groups is 1. The van der Waals surface area contributed by atoms with E-state index in [2.05, 4.69) is 64.1 Å². The molecule has 3 aliphatic carbocycles. The topological polar surface area (TPSA) is 83.7 Å². The van der Waals surface area contributed by atoms with Gasteiger partial charge in [-0.3, -0.25) is 0 Å². The van der Waals surface area contributed by atoms with Crippen LogP contribution in [0.15, 0.2) is 41.4 Å². The minimum atomic E-state index is -0.151. The molecule has 4 aliphatic rings. The van der Waals surface area contributed by atoms with E-state index >= 15 is 0 Å². The van der Waals surface area contributed by atoms with Crippen LogP contribution in [0.3, 0.4) is 0 Å². The van der Waals surface area contributed by atoms with E-state index in [0.717, 1.165) is 66.2 Å². The van der Waals surface area contributed by atoms with Crippen molar-refractivity contribution in [3.05, 3.63) is 69.5 Å². The zero-order valence-electron chi connectivity index (χ0n) is 31.5. The van der Waals surface area contributed by atoms with Crippen LogP contribution in [0, 0.1) is 66.0 Å². The van der Waals surface area contributed by atoms with E-state index in [-0.39, 0.29) is 42.8 Å². The average Bonchev–Trinajstić information content (AvgIpc) is 3.02. The predicted molar refractivity (Wildman–Crippen MR) is 198 cm³/mol. The largest absolute Gasteiger partial charge is 2.00 e. The first kappa shape index (κ1) is 45.3. The first-order chi connectivity index (χ1) is 21.9. The van der Waals surface area contributed by atoms with Crippen LogP contribution in [0.5, 0.6) is 0 Å². The number of nitrogens with zero attached hydrogens (tertiary/aromatic N) is 3. The molecule has 3 fully saturated rings. The van der Waals surface area contributed by atoms with Crippen LogP contribution in [-0.4, -0.2) is 25.3 Å². The van der Waals surface area contributed by atoms with Gasteiger partial charge < -0.3 is 21.2 Å². The second-order valence-electron chi connectivity index (χ2n) is 13.7. The summed E-state index contributed by atoms with van der Waals surface area (Å²) in [6, 6.07) is 10.8. The first-order valence-electron chi connectivity index (χ1n) is 17.9. The maximum atomic E-state index is 13.5. The Labute approximate surface area is 311 Å². The SMILES string of the molecule is CC.CC1CCC2CC1C2(C)C.CCC(C)C.CCCC(N)=Nc1ccc2c(c1)[N-]C2=O.CCCc1ccc(CC[N-]C)c(F)c1.[U+2]. The number of halogens is 1. The molecule has 3 unspecified atom stereocenters. The Morgan fingerprint density at radius 1 is 1.06 bits per heavy atom. The van der Waals surface area contributed by atoms with E-state index in [9.17, 15) is 9.18 Å². The van der Waals surface area contributed by atoms with Crippen molar-refractivity contribution in [3.63, 3.8) is 0 Å². The third-order valence-electron chi connectivity index (χ3n) is 9.49. The van der Waals surface area contributed by atoms with Crippen molar-refractivity contribution >= 4 is 23.1 Å². The van der Waals surface area contributed by atoms with Gasteiger partial charge in [0.1, 0.15) is 5.82 Å². The van der Waals surface area contributed by atoms with Gasteiger partial charge in [-0.1, -0.05) is 113 Å². The van der Waals surface area contributed by atoms with E-state index in [1.807, 2.05) is 32.9 Å². The minimum Gasteiger partial charge on any atom is -0.665 e. The monoisotopic (exact) mass is 875 g/mol. The fraction of sp³-hybridized carbons (Fsp3) is 0.650. The summed E-state index contributed by atoms with van der Waals surface area (Å²) < 4.78 is 13.5. The third-order valence-corrected chi connectivity index (χ3v) is 9.49. The predicted octanol–water partition coefficient (Wildman–Crippen LogP) is 12.1. The molecule has 0 spiro atoms. The molecule has 5 nitrogen and oxygen atoms in total. The molecule has 47 heavy (non-hydrogen) atoms. The van der Waals surface area contributed by atoms with E-state index < -0.39 is 0 Å². The van der Waals surface area contributed by atoms with Gasteiger partial charge in [0, 0.05) is 6.42 Å². The van der Waals surface area contributed by atoms with E-state index in [0.29, 0.717) is 35.5 Å². The fourth-order valence-corrected chi connectivity index (χ4v) is 6.10. The number of aliphatic imine (C=N–C) groups is 1. The van der Waals surface area contributed by atoms with Gasteiger partial charge in [-0.15, -0.1) is 12.2 Å². The summed E-state index contributed by atoms with van der Waals surface area (Å²) in [5.41, 5.74) is 10.4. The number of hydrogen-bond donors (Lipinski definition) is 1. The molecule has 3 saturated carbocycles. The normalized spacial score (nSPS) is 19.5. The van der Waals surface area contributed by atoms with Crippen molar-refractivity contribution in [1.82, 2.24) is 0 Å².